The molecule has 1 aliphatic carbocycles. The van der Waals surface area contributed by atoms with E-state index < -0.39 is 17.3 Å². The van der Waals surface area contributed by atoms with Crippen molar-refractivity contribution < 1.29 is 18.3 Å². The third-order valence-corrected chi connectivity index (χ3v) is 4.16. The van der Waals surface area contributed by atoms with Crippen molar-refractivity contribution in [3.63, 3.8) is 0 Å². The van der Waals surface area contributed by atoms with Crippen LogP contribution in [0.4, 0.5) is 13.2 Å². The Balaban J connectivity index is 1.95. The maximum atomic E-state index is 12.9. The number of aliphatic hydroxyl groups is 1. The quantitative estimate of drug-likeness (QED) is 0.888. The Kier molecular flexibility index (Phi) is 4.94. The number of halogens is 3. The van der Waals surface area contributed by atoms with E-state index in [1.165, 1.54) is 12.1 Å². The van der Waals surface area contributed by atoms with Crippen LogP contribution in [0, 0.1) is 5.92 Å². The zero-order chi connectivity index (χ0) is 15.5. The molecule has 0 radical (unpaired) electrons. The average molecular weight is 301 g/mol. The van der Waals surface area contributed by atoms with Crippen LogP contribution in [-0.2, 0) is 12.7 Å². The van der Waals surface area contributed by atoms with Crippen LogP contribution in [-0.4, -0.2) is 17.3 Å². The normalized spacial score (nSPS) is 26.8. The highest BCUT2D eigenvalue weighted by Crippen LogP contribution is 2.33. The number of nitrogens with one attached hydrogen (secondary N) is 1. The van der Waals surface area contributed by atoms with E-state index in [1.54, 1.807) is 6.07 Å². The first-order valence-corrected chi connectivity index (χ1v) is 7.38. The molecule has 0 aliphatic heterocycles. The van der Waals surface area contributed by atoms with Crippen molar-refractivity contribution in [3.8, 4) is 0 Å². The molecule has 0 bridgehead atoms. The van der Waals surface area contributed by atoms with Crippen LogP contribution >= 0.6 is 0 Å². The van der Waals surface area contributed by atoms with Crippen molar-refractivity contribution in [2.75, 3.05) is 6.54 Å². The molecule has 2 nitrogen and oxygen atoms in total. The minimum absolute atomic E-state index is 0.117. The molecule has 1 aromatic rings. The van der Waals surface area contributed by atoms with Gasteiger partial charge in [-0.05, 0) is 30.4 Å². The fraction of sp³-hybridized carbons (Fsp3) is 0.625. The summed E-state index contributed by atoms with van der Waals surface area (Å²) in [6.07, 6.45) is -0.835. The molecule has 118 valence electrons. The molecule has 1 aromatic carbocycles. The molecule has 21 heavy (non-hydrogen) atoms. The molecular weight excluding hydrogens is 279 g/mol. The summed E-state index contributed by atoms with van der Waals surface area (Å²) in [7, 11) is 0. The third-order valence-electron chi connectivity index (χ3n) is 4.16. The van der Waals surface area contributed by atoms with E-state index in [1.807, 2.05) is 0 Å². The van der Waals surface area contributed by atoms with Crippen LogP contribution in [0.3, 0.4) is 0 Å². The molecule has 0 spiro atoms. The van der Waals surface area contributed by atoms with Gasteiger partial charge in [-0.15, -0.1) is 0 Å². The summed E-state index contributed by atoms with van der Waals surface area (Å²) in [5.41, 5.74) is -1.18. The van der Waals surface area contributed by atoms with Crippen molar-refractivity contribution in [3.05, 3.63) is 35.4 Å². The molecular formula is C16H22F3NO. The topological polar surface area (TPSA) is 32.3 Å². The van der Waals surface area contributed by atoms with E-state index in [4.69, 9.17) is 0 Å². The molecule has 2 N–H and O–H groups in total. The van der Waals surface area contributed by atoms with Crippen LogP contribution in [0.5, 0.6) is 0 Å². The summed E-state index contributed by atoms with van der Waals surface area (Å²) in [6.45, 7) is 2.55. The largest absolute Gasteiger partial charge is 0.416 e. The molecule has 2 atom stereocenters. The molecule has 0 amide bonds. The summed E-state index contributed by atoms with van der Waals surface area (Å²) in [4.78, 5) is 0. The van der Waals surface area contributed by atoms with Gasteiger partial charge in [-0.2, -0.15) is 13.2 Å². The minimum atomic E-state index is -4.34. The second-order valence-electron chi connectivity index (χ2n) is 6.18. The van der Waals surface area contributed by atoms with Crippen LogP contribution in [0.2, 0.25) is 0 Å². The number of benzene rings is 1. The maximum absolute atomic E-state index is 12.9. The first-order valence-electron chi connectivity index (χ1n) is 7.38. The maximum Gasteiger partial charge on any atom is 0.416 e. The van der Waals surface area contributed by atoms with Crippen LogP contribution in [0.25, 0.3) is 0 Å². The summed E-state index contributed by atoms with van der Waals surface area (Å²) in [5, 5.41) is 13.5. The van der Waals surface area contributed by atoms with Gasteiger partial charge in [0.2, 0.25) is 0 Å². The molecule has 1 saturated carbocycles. The lowest BCUT2D eigenvalue weighted by Crippen LogP contribution is -2.43. The van der Waals surface area contributed by atoms with Gasteiger partial charge in [0.1, 0.15) is 0 Å². The van der Waals surface area contributed by atoms with Gasteiger partial charge in [0.25, 0.3) is 0 Å². The van der Waals surface area contributed by atoms with Gasteiger partial charge < -0.3 is 10.4 Å². The van der Waals surface area contributed by atoms with E-state index in [0.29, 0.717) is 25.3 Å². The van der Waals surface area contributed by atoms with Gasteiger partial charge in [0.15, 0.2) is 0 Å². The zero-order valence-corrected chi connectivity index (χ0v) is 12.2. The molecule has 2 unspecified atom stereocenters. The minimum Gasteiger partial charge on any atom is -0.389 e. The van der Waals surface area contributed by atoms with Gasteiger partial charge in [0.05, 0.1) is 11.2 Å². The van der Waals surface area contributed by atoms with Crippen LogP contribution < -0.4 is 5.32 Å². The SMILES string of the molecule is CC1CCCC(O)(CNCc2ccccc2C(F)(F)F)C1. The predicted molar refractivity (Wildman–Crippen MR) is 75.7 cm³/mol. The molecule has 1 fully saturated rings. The van der Waals surface area contributed by atoms with Crippen molar-refractivity contribution in [1.82, 2.24) is 5.32 Å². The Bertz CT molecular complexity index is 475. The summed E-state index contributed by atoms with van der Waals surface area (Å²) in [6, 6.07) is 5.56. The number of hydrogen-bond acceptors (Lipinski definition) is 2. The monoisotopic (exact) mass is 301 g/mol. The van der Waals surface area contributed by atoms with E-state index >= 15 is 0 Å². The van der Waals surface area contributed by atoms with Gasteiger partial charge in [-0.1, -0.05) is 38.0 Å². The van der Waals surface area contributed by atoms with Gasteiger partial charge in [-0.25, -0.2) is 0 Å². The molecule has 5 heteroatoms. The average Bonchev–Trinajstić information content (AvgIpc) is 2.37. The highest BCUT2D eigenvalue weighted by Gasteiger charge is 2.34. The van der Waals surface area contributed by atoms with E-state index in [-0.39, 0.29) is 12.1 Å². The van der Waals surface area contributed by atoms with Crippen molar-refractivity contribution in [1.29, 1.82) is 0 Å². The fourth-order valence-corrected chi connectivity index (χ4v) is 3.17. The predicted octanol–water partition coefficient (Wildman–Crippen LogP) is 3.74. The molecule has 1 aliphatic rings. The lowest BCUT2D eigenvalue weighted by atomic mass is 9.79. The number of rotatable bonds is 4. The molecule has 0 aromatic heterocycles. The number of hydrogen-bond donors (Lipinski definition) is 2. The Morgan fingerprint density at radius 3 is 2.71 bits per heavy atom. The summed E-state index contributed by atoms with van der Waals surface area (Å²) < 4.78 is 38.6. The smallest absolute Gasteiger partial charge is 0.389 e. The van der Waals surface area contributed by atoms with Crippen molar-refractivity contribution >= 4 is 0 Å². The second kappa shape index (κ2) is 6.36. The lowest BCUT2D eigenvalue weighted by Gasteiger charge is -2.35. The number of alkyl halides is 3. The van der Waals surface area contributed by atoms with Gasteiger partial charge >= 0.3 is 6.18 Å². The van der Waals surface area contributed by atoms with Crippen molar-refractivity contribution in [2.24, 2.45) is 5.92 Å². The third kappa shape index (κ3) is 4.45. The van der Waals surface area contributed by atoms with Crippen molar-refractivity contribution in [2.45, 2.75) is 50.9 Å². The lowest BCUT2D eigenvalue weighted by molar-refractivity contribution is -0.138. The van der Waals surface area contributed by atoms with E-state index in [0.717, 1.165) is 18.9 Å². The Hall–Kier alpha value is -1.07. The second-order valence-corrected chi connectivity index (χ2v) is 6.18. The first kappa shape index (κ1) is 16.3. The zero-order valence-electron chi connectivity index (χ0n) is 12.2. The van der Waals surface area contributed by atoms with E-state index in [2.05, 4.69) is 12.2 Å². The molecule has 2 rings (SSSR count). The Morgan fingerprint density at radius 1 is 1.33 bits per heavy atom. The fourth-order valence-electron chi connectivity index (χ4n) is 3.17. The highest BCUT2D eigenvalue weighted by atomic mass is 19.4. The molecule has 0 heterocycles. The van der Waals surface area contributed by atoms with E-state index in [9.17, 15) is 18.3 Å². The summed E-state index contributed by atoms with van der Waals surface area (Å²) >= 11 is 0. The standard InChI is InChI=1S/C16H22F3NO/c1-12-5-4-8-15(21,9-12)11-20-10-13-6-2-3-7-14(13)16(17,18)19/h2-3,6-7,12,20-21H,4-5,8-11H2,1H3. The molecule has 0 saturated heterocycles. The summed E-state index contributed by atoms with van der Waals surface area (Å²) in [5.74, 6) is 0.466. The van der Waals surface area contributed by atoms with Crippen LogP contribution in [0.15, 0.2) is 24.3 Å². The van der Waals surface area contributed by atoms with Crippen LogP contribution in [0.1, 0.15) is 43.7 Å². The Morgan fingerprint density at radius 2 is 2.05 bits per heavy atom. The highest BCUT2D eigenvalue weighted by molar-refractivity contribution is 5.29. The van der Waals surface area contributed by atoms with Gasteiger partial charge in [-0.3, -0.25) is 0 Å². The van der Waals surface area contributed by atoms with Gasteiger partial charge in [0, 0.05) is 13.1 Å². The Labute approximate surface area is 123 Å². The first-order chi connectivity index (χ1) is 9.80.